The molecular formula is C20H21N3OS. The topological polar surface area (TPSA) is 36.4 Å². The molecule has 2 aromatic rings. The van der Waals surface area contributed by atoms with E-state index in [9.17, 15) is 4.79 Å². The summed E-state index contributed by atoms with van der Waals surface area (Å²) in [5.74, 6) is 6.26. The van der Waals surface area contributed by atoms with Crippen molar-refractivity contribution in [2.24, 2.45) is 0 Å². The zero-order valence-electron chi connectivity index (χ0n) is 14.1. The van der Waals surface area contributed by atoms with Gasteiger partial charge in [-0.25, -0.2) is 4.98 Å². The minimum absolute atomic E-state index is 0.104. The second-order valence-electron chi connectivity index (χ2n) is 6.58. The third-order valence-corrected chi connectivity index (χ3v) is 5.81. The molecule has 1 unspecified atom stereocenters. The molecular weight excluding hydrogens is 330 g/mol. The summed E-state index contributed by atoms with van der Waals surface area (Å²) in [6, 6.07) is 10.4. The first-order valence-corrected chi connectivity index (χ1v) is 9.67. The quantitative estimate of drug-likeness (QED) is 0.781. The number of hydrogen-bond acceptors (Lipinski definition) is 4. The van der Waals surface area contributed by atoms with Crippen LogP contribution in [0.1, 0.15) is 39.5 Å². The highest BCUT2D eigenvalue weighted by molar-refractivity contribution is 7.14. The molecule has 1 aromatic heterocycles. The average molecular weight is 351 g/mol. The predicted octanol–water partition coefficient (Wildman–Crippen LogP) is 2.85. The fourth-order valence-electron chi connectivity index (χ4n) is 3.56. The van der Waals surface area contributed by atoms with Gasteiger partial charge in [-0.05, 0) is 50.4 Å². The van der Waals surface area contributed by atoms with E-state index in [2.05, 4.69) is 21.7 Å². The zero-order chi connectivity index (χ0) is 17.1. The summed E-state index contributed by atoms with van der Waals surface area (Å²) in [7, 11) is 0. The number of thiazole rings is 1. The lowest BCUT2D eigenvalue weighted by atomic mass is 10.2. The van der Waals surface area contributed by atoms with Crippen LogP contribution in [0, 0.1) is 11.8 Å². The minimum atomic E-state index is 0.104. The standard InChI is InChI=1S/C20H21N3OS/c24-20(23-13-10-17(15-23)22-11-4-5-12-22)18-14-21-19(25-18)9-8-16-6-2-1-3-7-16/h1-3,6-7,14,17H,4-5,10-13,15H2. The maximum atomic E-state index is 12.7. The van der Waals surface area contributed by atoms with Gasteiger partial charge in [-0.1, -0.05) is 24.1 Å². The lowest BCUT2D eigenvalue weighted by Gasteiger charge is -2.23. The summed E-state index contributed by atoms with van der Waals surface area (Å²) in [4.78, 5) is 22.2. The molecule has 0 saturated carbocycles. The summed E-state index contributed by atoms with van der Waals surface area (Å²) >= 11 is 1.39. The van der Waals surface area contributed by atoms with Gasteiger partial charge in [0.25, 0.3) is 5.91 Å². The molecule has 4 nitrogen and oxygen atoms in total. The number of nitrogens with zero attached hydrogens (tertiary/aromatic N) is 3. The summed E-state index contributed by atoms with van der Waals surface area (Å²) in [6.45, 7) is 4.07. The second-order valence-corrected chi connectivity index (χ2v) is 7.61. The Kier molecular flexibility index (Phi) is 4.82. The molecule has 0 N–H and O–H groups in total. The maximum Gasteiger partial charge on any atom is 0.265 e. The van der Waals surface area contributed by atoms with Gasteiger partial charge in [-0.2, -0.15) is 0 Å². The third kappa shape index (κ3) is 3.76. The summed E-state index contributed by atoms with van der Waals surface area (Å²) in [5, 5.41) is 0.697. The molecule has 25 heavy (non-hydrogen) atoms. The highest BCUT2D eigenvalue weighted by Gasteiger charge is 2.32. The Bertz CT molecular complexity index is 799. The molecule has 2 aliphatic rings. The minimum Gasteiger partial charge on any atom is -0.336 e. The van der Waals surface area contributed by atoms with Crippen LogP contribution < -0.4 is 0 Å². The molecule has 2 aliphatic heterocycles. The highest BCUT2D eigenvalue weighted by atomic mass is 32.1. The van der Waals surface area contributed by atoms with Crippen molar-refractivity contribution < 1.29 is 4.79 Å². The van der Waals surface area contributed by atoms with Gasteiger partial charge in [-0.15, -0.1) is 11.3 Å². The van der Waals surface area contributed by atoms with Crippen molar-refractivity contribution in [3.05, 3.63) is 52.0 Å². The van der Waals surface area contributed by atoms with Gasteiger partial charge in [0.05, 0.1) is 6.20 Å². The number of rotatable bonds is 2. The van der Waals surface area contributed by atoms with E-state index in [1.807, 2.05) is 35.2 Å². The summed E-state index contributed by atoms with van der Waals surface area (Å²) in [5.41, 5.74) is 0.957. The molecule has 2 saturated heterocycles. The van der Waals surface area contributed by atoms with Crippen molar-refractivity contribution in [1.29, 1.82) is 0 Å². The van der Waals surface area contributed by atoms with E-state index in [1.54, 1.807) is 6.20 Å². The number of likely N-dealkylation sites (tertiary alicyclic amines) is 2. The molecule has 0 aliphatic carbocycles. The molecule has 1 atom stereocenters. The van der Waals surface area contributed by atoms with Gasteiger partial charge in [0.2, 0.25) is 0 Å². The first-order chi connectivity index (χ1) is 12.3. The van der Waals surface area contributed by atoms with Crippen LogP contribution in [-0.4, -0.2) is 52.9 Å². The van der Waals surface area contributed by atoms with Crippen LogP contribution in [0.25, 0.3) is 0 Å². The van der Waals surface area contributed by atoms with Gasteiger partial charge >= 0.3 is 0 Å². The molecule has 0 radical (unpaired) electrons. The van der Waals surface area contributed by atoms with E-state index in [4.69, 9.17) is 0 Å². The van der Waals surface area contributed by atoms with Crippen LogP contribution in [0.15, 0.2) is 36.5 Å². The van der Waals surface area contributed by atoms with Gasteiger partial charge < -0.3 is 4.90 Å². The molecule has 128 valence electrons. The number of hydrogen-bond donors (Lipinski definition) is 0. The first-order valence-electron chi connectivity index (χ1n) is 8.86. The average Bonchev–Trinajstić information content (AvgIpc) is 3.41. The van der Waals surface area contributed by atoms with Crippen molar-refractivity contribution in [2.75, 3.05) is 26.2 Å². The smallest absolute Gasteiger partial charge is 0.265 e. The summed E-state index contributed by atoms with van der Waals surface area (Å²) < 4.78 is 0. The van der Waals surface area contributed by atoms with Crippen LogP contribution in [0.3, 0.4) is 0 Å². The van der Waals surface area contributed by atoms with Crippen molar-refractivity contribution in [2.45, 2.75) is 25.3 Å². The van der Waals surface area contributed by atoms with Gasteiger partial charge in [0.15, 0.2) is 5.01 Å². The monoisotopic (exact) mass is 351 g/mol. The molecule has 0 bridgehead atoms. The molecule has 1 amide bonds. The van der Waals surface area contributed by atoms with Crippen LogP contribution >= 0.6 is 11.3 Å². The molecule has 1 aromatic carbocycles. The Morgan fingerprint density at radius 3 is 2.72 bits per heavy atom. The zero-order valence-corrected chi connectivity index (χ0v) is 15.0. The van der Waals surface area contributed by atoms with E-state index in [1.165, 1.54) is 37.3 Å². The maximum absolute atomic E-state index is 12.7. The number of aromatic nitrogens is 1. The first kappa shape index (κ1) is 16.3. The largest absolute Gasteiger partial charge is 0.336 e. The SMILES string of the molecule is O=C(c1cnc(C#Cc2ccccc2)s1)N1CCC(N2CCCC2)C1. The second kappa shape index (κ2) is 7.38. The Labute approximate surface area is 152 Å². The van der Waals surface area contributed by atoms with Crippen molar-refractivity contribution in [1.82, 2.24) is 14.8 Å². The van der Waals surface area contributed by atoms with Crippen LogP contribution in [-0.2, 0) is 0 Å². The van der Waals surface area contributed by atoms with E-state index in [0.29, 0.717) is 15.9 Å². The Hall–Kier alpha value is -2.16. The normalized spacial score (nSPS) is 20.5. The molecule has 0 spiro atoms. The van der Waals surface area contributed by atoms with E-state index in [-0.39, 0.29) is 5.91 Å². The van der Waals surface area contributed by atoms with Crippen molar-refractivity contribution in [3.63, 3.8) is 0 Å². The highest BCUT2D eigenvalue weighted by Crippen LogP contribution is 2.23. The molecule has 2 fully saturated rings. The lowest BCUT2D eigenvalue weighted by Crippen LogP contribution is -2.36. The van der Waals surface area contributed by atoms with E-state index >= 15 is 0 Å². The van der Waals surface area contributed by atoms with E-state index in [0.717, 1.165) is 25.1 Å². The fourth-order valence-corrected chi connectivity index (χ4v) is 4.30. The van der Waals surface area contributed by atoms with Crippen LogP contribution in [0.2, 0.25) is 0 Å². The van der Waals surface area contributed by atoms with Gasteiger partial charge in [0, 0.05) is 24.7 Å². The van der Waals surface area contributed by atoms with Crippen molar-refractivity contribution >= 4 is 17.2 Å². The number of carbonyl (C=O) groups is 1. The lowest BCUT2D eigenvalue weighted by molar-refractivity contribution is 0.0784. The van der Waals surface area contributed by atoms with Crippen LogP contribution in [0.4, 0.5) is 0 Å². The number of amides is 1. The Morgan fingerprint density at radius 2 is 1.92 bits per heavy atom. The van der Waals surface area contributed by atoms with Gasteiger partial charge in [0.1, 0.15) is 4.88 Å². The molecule has 3 heterocycles. The van der Waals surface area contributed by atoms with E-state index < -0.39 is 0 Å². The van der Waals surface area contributed by atoms with Gasteiger partial charge in [-0.3, -0.25) is 9.69 Å². The predicted molar refractivity (Wildman–Crippen MR) is 99.7 cm³/mol. The Balaban J connectivity index is 1.40. The summed E-state index contributed by atoms with van der Waals surface area (Å²) in [6.07, 6.45) is 5.35. The molecule has 5 heteroatoms. The van der Waals surface area contributed by atoms with Crippen LogP contribution in [0.5, 0.6) is 0 Å². The number of benzene rings is 1. The van der Waals surface area contributed by atoms with Crippen molar-refractivity contribution in [3.8, 4) is 11.8 Å². The third-order valence-electron chi connectivity index (χ3n) is 4.91. The molecule has 4 rings (SSSR count). The Morgan fingerprint density at radius 1 is 1.12 bits per heavy atom. The fraction of sp³-hybridized carbons (Fsp3) is 0.400. The number of carbonyl (C=O) groups excluding carboxylic acids is 1.